The minimum atomic E-state index is -4.41. The molecule has 0 amide bonds. The largest absolute Gasteiger partial charge is 0.416 e. The molecule has 19 heavy (non-hydrogen) atoms. The van der Waals surface area contributed by atoms with Gasteiger partial charge < -0.3 is 10.7 Å². The van der Waals surface area contributed by atoms with Crippen LogP contribution >= 0.6 is 0 Å². The van der Waals surface area contributed by atoms with Crippen LogP contribution < -0.4 is 16.6 Å². The van der Waals surface area contributed by atoms with Crippen molar-refractivity contribution in [2.75, 3.05) is 10.7 Å². The standard InChI is InChI=1S/C12H17F3N4/c1-7-2-3-9(4-7)17-10-5-8(12(13,14)15)6-11(18-10)19-16/h5-7,9H,2-4,16H2,1H3,(H2,17,18,19). The summed E-state index contributed by atoms with van der Waals surface area (Å²) in [5.74, 6) is 5.96. The summed E-state index contributed by atoms with van der Waals surface area (Å²) in [6, 6.07) is 2.09. The molecule has 2 unspecified atom stereocenters. The lowest BCUT2D eigenvalue weighted by molar-refractivity contribution is -0.137. The Bertz CT molecular complexity index is 447. The molecule has 0 spiro atoms. The van der Waals surface area contributed by atoms with E-state index in [9.17, 15) is 13.2 Å². The summed E-state index contributed by atoms with van der Waals surface area (Å²) in [7, 11) is 0. The lowest BCUT2D eigenvalue weighted by atomic mass is 10.1. The zero-order valence-electron chi connectivity index (χ0n) is 10.6. The van der Waals surface area contributed by atoms with Crippen molar-refractivity contribution in [3.05, 3.63) is 17.7 Å². The normalized spacial score (nSPS) is 23.4. The summed E-state index contributed by atoms with van der Waals surface area (Å²) < 4.78 is 38.2. The number of aromatic nitrogens is 1. The highest BCUT2D eigenvalue weighted by Gasteiger charge is 2.32. The lowest BCUT2D eigenvalue weighted by Gasteiger charge is -2.16. The third-order valence-corrected chi connectivity index (χ3v) is 3.35. The molecule has 0 aliphatic heterocycles. The van der Waals surface area contributed by atoms with E-state index >= 15 is 0 Å². The van der Waals surface area contributed by atoms with Crippen LogP contribution in [0.5, 0.6) is 0 Å². The maximum atomic E-state index is 12.7. The summed E-state index contributed by atoms with van der Waals surface area (Å²) in [5.41, 5.74) is 1.40. The molecule has 2 rings (SSSR count). The molecular weight excluding hydrogens is 257 g/mol. The average Bonchev–Trinajstić information content (AvgIpc) is 2.73. The minimum Gasteiger partial charge on any atom is -0.367 e. The number of hydrogen-bond acceptors (Lipinski definition) is 4. The molecule has 4 nitrogen and oxygen atoms in total. The Kier molecular flexibility index (Phi) is 3.84. The molecule has 1 aromatic rings. The second kappa shape index (κ2) is 5.24. The maximum absolute atomic E-state index is 12.7. The number of nitrogens with zero attached hydrogens (tertiary/aromatic N) is 1. The van der Waals surface area contributed by atoms with Gasteiger partial charge in [0.25, 0.3) is 0 Å². The first kappa shape index (κ1) is 13.9. The molecule has 1 aliphatic carbocycles. The zero-order valence-corrected chi connectivity index (χ0v) is 10.6. The molecule has 106 valence electrons. The van der Waals surface area contributed by atoms with Crippen molar-refractivity contribution in [2.45, 2.75) is 38.4 Å². The van der Waals surface area contributed by atoms with Gasteiger partial charge in [0.2, 0.25) is 0 Å². The molecule has 2 atom stereocenters. The van der Waals surface area contributed by atoms with Crippen molar-refractivity contribution < 1.29 is 13.2 Å². The van der Waals surface area contributed by atoms with Gasteiger partial charge >= 0.3 is 6.18 Å². The van der Waals surface area contributed by atoms with E-state index in [4.69, 9.17) is 5.84 Å². The van der Waals surface area contributed by atoms with Crippen molar-refractivity contribution in [2.24, 2.45) is 11.8 Å². The molecule has 0 radical (unpaired) electrons. The van der Waals surface area contributed by atoms with Gasteiger partial charge in [-0.05, 0) is 37.3 Å². The van der Waals surface area contributed by atoms with Crippen LogP contribution in [0, 0.1) is 5.92 Å². The number of alkyl halides is 3. The maximum Gasteiger partial charge on any atom is 0.416 e. The predicted octanol–water partition coefficient (Wildman–Crippen LogP) is 2.99. The smallest absolute Gasteiger partial charge is 0.367 e. The Morgan fingerprint density at radius 2 is 1.95 bits per heavy atom. The number of pyridine rings is 1. The zero-order chi connectivity index (χ0) is 14.0. The molecular formula is C12H17F3N4. The molecule has 0 aromatic carbocycles. The van der Waals surface area contributed by atoms with E-state index in [0.717, 1.165) is 31.4 Å². The van der Waals surface area contributed by atoms with Gasteiger partial charge in [0.05, 0.1) is 5.56 Å². The minimum absolute atomic E-state index is 0.00312. The molecule has 1 heterocycles. The Morgan fingerprint density at radius 1 is 1.26 bits per heavy atom. The highest BCUT2D eigenvalue weighted by molar-refractivity contribution is 5.49. The fourth-order valence-corrected chi connectivity index (χ4v) is 2.39. The first-order valence-corrected chi connectivity index (χ1v) is 6.21. The molecule has 1 aromatic heterocycles. The van der Waals surface area contributed by atoms with Crippen LogP contribution in [-0.4, -0.2) is 11.0 Å². The van der Waals surface area contributed by atoms with Crippen molar-refractivity contribution >= 4 is 11.6 Å². The topological polar surface area (TPSA) is 63.0 Å². The number of nitrogen functional groups attached to an aromatic ring is 1. The number of anilines is 2. The Hall–Kier alpha value is -1.50. The highest BCUT2D eigenvalue weighted by Crippen LogP contribution is 2.33. The van der Waals surface area contributed by atoms with Crippen LogP contribution in [0.4, 0.5) is 24.8 Å². The second-order valence-corrected chi connectivity index (χ2v) is 5.03. The van der Waals surface area contributed by atoms with E-state index in [-0.39, 0.29) is 17.7 Å². The Morgan fingerprint density at radius 3 is 2.47 bits per heavy atom. The van der Waals surface area contributed by atoms with Gasteiger partial charge in [-0.3, -0.25) is 0 Å². The third-order valence-electron chi connectivity index (χ3n) is 3.35. The SMILES string of the molecule is CC1CCC(Nc2cc(C(F)(F)F)cc(NN)n2)C1. The lowest BCUT2D eigenvalue weighted by Crippen LogP contribution is -2.19. The monoisotopic (exact) mass is 274 g/mol. The van der Waals surface area contributed by atoms with Crippen molar-refractivity contribution in [1.29, 1.82) is 0 Å². The number of nitrogens with one attached hydrogen (secondary N) is 2. The number of halogens is 3. The summed E-state index contributed by atoms with van der Waals surface area (Å²) in [4.78, 5) is 4.01. The molecule has 0 saturated heterocycles. The average molecular weight is 274 g/mol. The van der Waals surface area contributed by atoms with Gasteiger partial charge in [0.1, 0.15) is 11.6 Å². The predicted molar refractivity (Wildman–Crippen MR) is 67.5 cm³/mol. The van der Waals surface area contributed by atoms with E-state index in [1.54, 1.807) is 0 Å². The van der Waals surface area contributed by atoms with Crippen molar-refractivity contribution in [1.82, 2.24) is 4.98 Å². The van der Waals surface area contributed by atoms with E-state index in [1.165, 1.54) is 0 Å². The van der Waals surface area contributed by atoms with Gasteiger partial charge in [0.15, 0.2) is 0 Å². The second-order valence-electron chi connectivity index (χ2n) is 5.03. The quantitative estimate of drug-likeness (QED) is 0.585. The molecule has 1 aliphatic rings. The first-order valence-electron chi connectivity index (χ1n) is 6.21. The summed E-state index contributed by atoms with van der Waals surface area (Å²) >= 11 is 0. The molecule has 7 heteroatoms. The van der Waals surface area contributed by atoms with Crippen molar-refractivity contribution in [3.8, 4) is 0 Å². The summed E-state index contributed by atoms with van der Waals surface area (Å²) in [6.45, 7) is 2.13. The van der Waals surface area contributed by atoms with Gasteiger partial charge in [-0.2, -0.15) is 13.2 Å². The molecule has 4 N–H and O–H groups in total. The summed E-state index contributed by atoms with van der Waals surface area (Å²) in [5, 5.41) is 3.05. The van der Waals surface area contributed by atoms with Crippen LogP contribution in [0.15, 0.2) is 12.1 Å². The third kappa shape index (κ3) is 3.50. The van der Waals surface area contributed by atoms with Crippen LogP contribution in [0.3, 0.4) is 0 Å². The first-order chi connectivity index (χ1) is 8.88. The van der Waals surface area contributed by atoms with Gasteiger partial charge in [-0.15, -0.1) is 0 Å². The molecule has 1 saturated carbocycles. The van der Waals surface area contributed by atoms with Gasteiger partial charge in [0, 0.05) is 6.04 Å². The van der Waals surface area contributed by atoms with Crippen LogP contribution in [-0.2, 0) is 6.18 Å². The van der Waals surface area contributed by atoms with E-state index in [1.807, 2.05) is 0 Å². The van der Waals surface area contributed by atoms with E-state index in [2.05, 4.69) is 22.7 Å². The fourth-order valence-electron chi connectivity index (χ4n) is 2.39. The van der Waals surface area contributed by atoms with Crippen LogP contribution in [0.25, 0.3) is 0 Å². The highest BCUT2D eigenvalue weighted by atomic mass is 19.4. The number of hydrazine groups is 1. The van der Waals surface area contributed by atoms with E-state index in [0.29, 0.717) is 5.92 Å². The van der Waals surface area contributed by atoms with Gasteiger partial charge in [-0.25, -0.2) is 10.8 Å². The molecule has 1 fully saturated rings. The van der Waals surface area contributed by atoms with E-state index < -0.39 is 11.7 Å². The van der Waals surface area contributed by atoms with Gasteiger partial charge in [-0.1, -0.05) is 6.92 Å². The van der Waals surface area contributed by atoms with Crippen LogP contribution in [0.1, 0.15) is 31.7 Å². The summed E-state index contributed by atoms with van der Waals surface area (Å²) in [6.07, 6.45) is -1.43. The van der Waals surface area contributed by atoms with Crippen LogP contribution in [0.2, 0.25) is 0 Å². The number of rotatable bonds is 3. The Labute approximate surface area is 109 Å². The number of hydrogen-bond donors (Lipinski definition) is 3. The van der Waals surface area contributed by atoms with Crippen molar-refractivity contribution in [3.63, 3.8) is 0 Å². The fraction of sp³-hybridized carbons (Fsp3) is 0.583. The Balaban J connectivity index is 2.20. The number of nitrogens with two attached hydrogens (primary N) is 1. The molecule has 0 bridgehead atoms.